The Balaban J connectivity index is 1.77. The van der Waals surface area contributed by atoms with E-state index in [1.54, 1.807) is 28.0 Å². The van der Waals surface area contributed by atoms with Crippen LogP contribution in [0.5, 0.6) is 0 Å². The number of nitrogens with zero attached hydrogens (tertiary/aromatic N) is 2. The van der Waals surface area contributed by atoms with Crippen LogP contribution in [0.25, 0.3) is 0 Å². The van der Waals surface area contributed by atoms with Gasteiger partial charge in [0.1, 0.15) is 6.04 Å². The predicted molar refractivity (Wildman–Crippen MR) is 94.3 cm³/mol. The van der Waals surface area contributed by atoms with Gasteiger partial charge in [-0.05, 0) is 43.9 Å². The molecule has 3 rings (SSSR count). The van der Waals surface area contributed by atoms with Gasteiger partial charge in [-0.1, -0.05) is 23.2 Å². The Morgan fingerprint density at radius 3 is 2.38 bits per heavy atom. The van der Waals surface area contributed by atoms with Crippen molar-refractivity contribution in [3.63, 3.8) is 0 Å². The van der Waals surface area contributed by atoms with Crippen LogP contribution in [0.2, 0.25) is 10.0 Å². The van der Waals surface area contributed by atoms with Crippen molar-refractivity contribution in [1.82, 2.24) is 9.80 Å². The molecule has 2 fully saturated rings. The van der Waals surface area contributed by atoms with Gasteiger partial charge in [0, 0.05) is 41.3 Å². The van der Waals surface area contributed by atoms with Crippen molar-refractivity contribution < 1.29 is 9.59 Å². The molecule has 2 amide bonds. The Bertz CT molecular complexity index is 632. The quantitative estimate of drug-likeness (QED) is 0.870. The van der Waals surface area contributed by atoms with Crippen LogP contribution in [0.3, 0.4) is 0 Å². The highest BCUT2D eigenvalue weighted by molar-refractivity contribution is 6.35. The Hall–Kier alpha value is -1.30. The number of piperidine rings is 1. The second-order valence-corrected chi connectivity index (χ2v) is 7.37. The predicted octanol–water partition coefficient (Wildman–Crippen LogP) is 2.55. The van der Waals surface area contributed by atoms with Gasteiger partial charge in [-0.3, -0.25) is 9.59 Å². The first-order valence-electron chi connectivity index (χ1n) is 8.27. The molecule has 0 saturated carbocycles. The van der Waals surface area contributed by atoms with E-state index in [4.69, 9.17) is 28.9 Å². The summed E-state index contributed by atoms with van der Waals surface area (Å²) in [7, 11) is 0. The fraction of sp³-hybridized carbons (Fsp3) is 0.529. The van der Waals surface area contributed by atoms with Crippen molar-refractivity contribution in [2.75, 3.05) is 19.6 Å². The number of carbonyl (C=O) groups excluding carboxylic acids is 2. The summed E-state index contributed by atoms with van der Waals surface area (Å²) >= 11 is 12.0. The monoisotopic (exact) mass is 369 g/mol. The van der Waals surface area contributed by atoms with Gasteiger partial charge in [0.15, 0.2) is 0 Å². The summed E-state index contributed by atoms with van der Waals surface area (Å²) in [6, 6.07) is 4.38. The van der Waals surface area contributed by atoms with Gasteiger partial charge in [-0.15, -0.1) is 0 Å². The Kier molecular flexibility index (Phi) is 5.33. The van der Waals surface area contributed by atoms with E-state index in [1.807, 2.05) is 0 Å². The number of likely N-dealkylation sites (tertiary alicyclic amines) is 2. The minimum Gasteiger partial charge on any atom is -0.339 e. The first-order chi connectivity index (χ1) is 11.5. The molecule has 2 saturated heterocycles. The van der Waals surface area contributed by atoms with Crippen LogP contribution in [-0.4, -0.2) is 53.3 Å². The minimum atomic E-state index is -0.416. The average molecular weight is 370 g/mol. The molecule has 0 aromatic heterocycles. The van der Waals surface area contributed by atoms with Crippen molar-refractivity contribution in [2.24, 2.45) is 5.73 Å². The zero-order valence-electron chi connectivity index (χ0n) is 13.4. The van der Waals surface area contributed by atoms with Crippen molar-refractivity contribution >= 4 is 35.0 Å². The SMILES string of the molecule is NC1CCCN(C(=O)C2CCCN2C(=O)c2cc(Cl)cc(Cl)c2)C1. The van der Waals surface area contributed by atoms with E-state index < -0.39 is 6.04 Å². The maximum Gasteiger partial charge on any atom is 0.254 e. The van der Waals surface area contributed by atoms with Crippen LogP contribution in [0.15, 0.2) is 18.2 Å². The van der Waals surface area contributed by atoms with Gasteiger partial charge in [-0.2, -0.15) is 0 Å². The van der Waals surface area contributed by atoms with Gasteiger partial charge in [-0.25, -0.2) is 0 Å². The molecule has 2 unspecified atom stereocenters. The Labute approximate surface area is 151 Å². The lowest BCUT2D eigenvalue weighted by molar-refractivity contribution is -0.136. The zero-order valence-corrected chi connectivity index (χ0v) is 14.9. The third kappa shape index (κ3) is 3.68. The van der Waals surface area contributed by atoms with Gasteiger partial charge >= 0.3 is 0 Å². The fourth-order valence-electron chi connectivity index (χ4n) is 3.53. The number of halogens is 2. The molecular weight excluding hydrogens is 349 g/mol. The smallest absolute Gasteiger partial charge is 0.254 e. The highest BCUT2D eigenvalue weighted by Crippen LogP contribution is 2.26. The Morgan fingerprint density at radius 2 is 1.71 bits per heavy atom. The number of carbonyl (C=O) groups is 2. The molecule has 5 nitrogen and oxygen atoms in total. The standard InChI is InChI=1S/C17H21Cl2N3O2/c18-12-7-11(8-13(19)9-12)16(23)22-6-2-4-15(22)17(24)21-5-1-3-14(20)10-21/h7-9,14-15H,1-6,10,20H2. The minimum absolute atomic E-state index is 0.00382. The lowest BCUT2D eigenvalue weighted by Crippen LogP contribution is -2.53. The van der Waals surface area contributed by atoms with Crippen LogP contribution >= 0.6 is 23.2 Å². The zero-order chi connectivity index (χ0) is 17.3. The van der Waals surface area contributed by atoms with E-state index in [0.717, 1.165) is 19.3 Å². The van der Waals surface area contributed by atoms with E-state index in [0.29, 0.717) is 41.7 Å². The summed E-state index contributed by atoms with van der Waals surface area (Å²) in [5, 5.41) is 0.824. The average Bonchev–Trinajstić information content (AvgIpc) is 3.02. The molecular formula is C17H21Cl2N3O2. The van der Waals surface area contributed by atoms with Gasteiger partial charge in [0.2, 0.25) is 5.91 Å². The number of amides is 2. The molecule has 1 aromatic rings. The van der Waals surface area contributed by atoms with Crippen LogP contribution < -0.4 is 5.73 Å². The van der Waals surface area contributed by atoms with Crippen molar-refractivity contribution in [1.29, 1.82) is 0 Å². The summed E-state index contributed by atoms with van der Waals surface area (Å²) in [6.45, 7) is 1.85. The number of hydrogen-bond donors (Lipinski definition) is 1. The lowest BCUT2D eigenvalue weighted by atomic mass is 10.0. The number of benzene rings is 1. The van der Waals surface area contributed by atoms with E-state index in [-0.39, 0.29) is 17.9 Å². The van der Waals surface area contributed by atoms with Crippen molar-refractivity contribution in [3.05, 3.63) is 33.8 Å². The second kappa shape index (κ2) is 7.30. The van der Waals surface area contributed by atoms with Crippen molar-refractivity contribution in [2.45, 2.75) is 37.8 Å². The van der Waals surface area contributed by atoms with Crippen LogP contribution in [0.1, 0.15) is 36.0 Å². The number of rotatable bonds is 2. The van der Waals surface area contributed by atoms with Crippen molar-refractivity contribution in [3.8, 4) is 0 Å². The van der Waals surface area contributed by atoms with E-state index in [9.17, 15) is 9.59 Å². The summed E-state index contributed by atoms with van der Waals surface area (Å²) < 4.78 is 0. The molecule has 2 heterocycles. The highest BCUT2D eigenvalue weighted by Gasteiger charge is 2.37. The molecule has 0 radical (unpaired) electrons. The highest BCUT2D eigenvalue weighted by atomic mass is 35.5. The summed E-state index contributed by atoms with van der Waals surface area (Å²) in [5.41, 5.74) is 6.40. The molecule has 2 aliphatic rings. The van der Waals surface area contributed by atoms with E-state index in [1.165, 1.54) is 0 Å². The first-order valence-corrected chi connectivity index (χ1v) is 9.03. The first kappa shape index (κ1) is 17.5. The number of hydrogen-bond acceptors (Lipinski definition) is 3. The molecule has 0 aliphatic carbocycles. The topological polar surface area (TPSA) is 66.6 Å². The Morgan fingerprint density at radius 1 is 1.04 bits per heavy atom. The van der Waals surface area contributed by atoms with E-state index in [2.05, 4.69) is 0 Å². The van der Waals surface area contributed by atoms with Gasteiger partial charge in [0.25, 0.3) is 5.91 Å². The molecule has 1 aromatic carbocycles. The maximum absolute atomic E-state index is 12.9. The molecule has 130 valence electrons. The molecule has 0 bridgehead atoms. The molecule has 0 spiro atoms. The largest absolute Gasteiger partial charge is 0.339 e. The van der Waals surface area contributed by atoms with Crippen LogP contribution in [-0.2, 0) is 4.79 Å². The summed E-state index contributed by atoms with van der Waals surface area (Å²) in [5.74, 6) is -0.194. The second-order valence-electron chi connectivity index (χ2n) is 6.50. The molecule has 24 heavy (non-hydrogen) atoms. The van der Waals surface area contributed by atoms with Crippen LogP contribution in [0, 0.1) is 0 Å². The summed E-state index contributed by atoms with van der Waals surface area (Å²) in [6.07, 6.45) is 3.36. The lowest BCUT2D eigenvalue weighted by Gasteiger charge is -2.35. The van der Waals surface area contributed by atoms with Gasteiger partial charge < -0.3 is 15.5 Å². The molecule has 2 atom stereocenters. The molecule has 7 heteroatoms. The van der Waals surface area contributed by atoms with E-state index >= 15 is 0 Å². The summed E-state index contributed by atoms with van der Waals surface area (Å²) in [4.78, 5) is 29.1. The number of nitrogens with two attached hydrogens (primary N) is 1. The fourth-order valence-corrected chi connectivity index (χ4v) is 4.06. The van der Waals surface area contributed by atoms with Gasteiger partial charge in [0.05, 0.1) is 0 Å². The molecule has 2 N–H and O–H groups in total. The van der Waals surface area contributed by atoms with Crippen LogP contribution in [0.4, 0.5) is 0 Å². The third-order valence-electron chi connectivity index (χ3n) is 4.68. The third-order valence-corrected chi connectivity index (χ3v) is 5.11. The molecule has 2 aliphatic heterocycles. The normalized spacial score (nSPS) is 24.3. The maximum atomic E-state index is 12.9.